The zero-order valence-electron chi connectivity index (χ0n) is 11.0. The van der Waals surface area contributed by atoms with E-state index in [-0.39, 0.29) is 18.4 Å². The molecule has 1 heterocycles. The van der Waals surface area contributed by atoms with Crippen LogP contribution in [-0.4, -0.2) is 25.0 Å². The molecule has 1 aliphatic rings. The van der Waals surface area contributed by atoms with E-state index in [0.29, 0.717) is 12.1 Å². The van der Waals surface area contributed by atoms with E-state index in [0.717, 1.165) is 31.5 Å². The van der Waals surface area contributed by atoms with Gasteiger partial charge in [-0.1, -0.05) is 18.2 Å². The number of alkyl halides is 3. The second-order valence-electron chi connectivity index (χ2n) is 4.99. The Morgan fingerprint density at radius 1 is 1.40 bits per heavy atom. The fraction of sp³-hybridized carbons (Fsp3) is 0.500. The zero-order valence-corrected chi connectivity index (χ0v) is 11.0. The molecule has 6 heteroatoms. The Kier molecular flexibility index (Phi) is 4.65. The molecule has 1 unspecified atom stereocenters. The fourth-order valence-corrected chi connectivity index (χ4v) is 2.30. The van der Waals surface area contributed by atoms with Crippen LogP contribution < -0.4 is 10.6 Å². The van der Waals surface area contributed by atoms with Crippen molar-refractivity contribution in [2.24, 2.45) is 0 Å². The van der Waals surface area contributed by atoms with Gasteiger partial charge in [0.1, 0.15) is 0 Å². The van der Waals surface area contributed by atoms with Crippen LogP contribution in [0.1, 0.15) is 24.0 Å². The van der Waals surface area contributed by atoms with Gasteiger partial charge in [-0.05, 0) is 31.0 Å². The molecule has 0 saturated carbocycles. The molecule has 0 bridgehead atoms. The molecule has 2 N–H and O–H groups in total. The minimum Gasteiger partial charge on any atom is -0.352 e. The maximum atomic E-state index is 12.6. The van der Waals surface area contributed by atoms with Crippen LogP contribution in [0.25, 0.3) is 0 Å². The molecular weight excluding hydrogens is 269 g/mol. The van der Waals surface area contributed by atoms with E-state index in [1.54, 1.807) is 0 Å². The summed E-state index contributed by atoms with van der Waals surface area (Å²) in [6.45, 7) is 1.66. The predicted molar refractivity (Wildman–Crippen MR) is 69.2 cm³/mol. The number of carbonyl (C=O) groups excluding carboxylic acids is 1. The highest BCUT2D eigenvalue weighted by Crippen LogP contribution is 2.29. The average Bonchev–Trinajstić information content (AvgIpc) is 2.39. The van der Waals surface area contributed by atoms with Crippen LogP contribution in [0.15, 0.2) is 24.3 Å². The van der Waals surface area contributed by atoms with E-state index in [1.807, 2.05) is 0 Å². The van der Waals surface area contributed by atoms with Gasteiger partial charge < -0.3 is 10.6 Å². The second-order valence-corrected chi connectivity index (χ2v) is 4.99. The number of rotatable bonds is 3. The van der Waals surface area contributed by atoms with Crippen LogP contribution in [0.4, 0.5) is 13.2 Å². The number of halogens is 3. The topological polar surface area (TPSA) is 41.1 Å². The third-order valence-electron chi connectivity index (χ3n) is 3.28. The first-order chi connectivity index (χ1) is 9.45. The number of nitrogens with one attached hydrogen (secondary N) is 2. The molecular formula is C14H17F3N2O. The second kappa shape index (κ2) is 6.26. The van der Waals surface area contributed by atoms with Gasteiger partial charge in [-0.25, -0.2) is 0 Å². The van der Waals surface area contributed by atoms with Crippen LogP contribution in [0.5, 0.6) is 0 Å². The van der Waals surface area contributed by atoms with E-state index in [1.165, 1.54) is 12.1 Å². The number of carbonyl (C=O) groups is 1. The Bertz CT molecular complexity index is 468. The number of amides is 1. The highest BCUT2D eigenvalue weighted by atomic mass is 19.4. The third kappa shape index (κ3) is 4.23. The Morgan fingerprint density at radius 3 is 2.85 bits per heavy atom. The lowest BCUT2D eigenvalue weighted by molar-refractivity contribution is -0.137. The minimum absolute atomic E-state index is 0.0274. The molecule has 0 aliphatic carbocycles. The summed E-state index contributed by atoms with van der Waals surface area (Å²) in [6.07, 6.45) is -2.50. The van der Waals surface area contributed by atoms with Crippen LogP contribution in [0, 0.1) is 0 Å². The van der Waals surface area contributed by atoms with E-state index in [4.69, 9.17) is 0 Å². The maximum Gasteiger partial charge on any atom is 0.416 e. The largest absolute Gasteiger partial charge is 0.416 e. The zero-order chi connectivity index (χ0) is 14.6. The smallest absolute Gasteiger partial charge is 0.352 e. The molecule has 1 atom stereocenters. The summed E-state index contributed by atoms with van der Waals surface area (Å²) in [5.74, 6) is -0.238. The Labute approximate surface area is 115 Å². The van der Waals surface area contributed by atoms with Crippen molar-refractivity contribution >= 4 is 5.91 Å². The van der Waals surface area contributed by atoms with Crippen LogP contribution in [-0.2, 0) is 17.4 Å². The normalized spacial score (nSPS) is 19.6. The summed E-state index contributed by atoms with van der Waals surface area (Å²) in [7, 11) is 0. The molecule has 3 nitrogen and oxygen atoms in total. The van der Waals surface area contributed by atoms with Crippen molar-refractivity contribution in [3.05, 3.63) is 35.4 Å². The lowest BCUT2D eigenvalue weighted by Crippen LogP contribution is -2.46. The quantitative estimate of drug-likeness (QED) is 0.893. The van der Waals surface area contributed by atoms with Crippen molar-refractivity contribution in [2.75, 3.05) is 13.1 Å². The maximum absolute atomic E-state index is 12.6. The van der Waals surface area contributed by atoms with E-state index < -0.39 is 11.7 Å². The Balaban J connectivity index is 1.93. The lowest BCUT2D eigenvalue weighted by atomic mass is 10.1. The summed E-state index contributed by atoms with van der Waals surface area (Å²) in [5, 5.41) is 6.01. The average molecular weight is 286 g/mol. The van der Waals surface area contributed by atoms with Crippen LogP contribution in [0.2, 0.25) is 0 Å². The third-order valence-corrected chi connectivity index (χ3v) is 3.28. The lowest BCUT2D eigenvalue weighted by Gasteiger charge is -2.23. The standard InChI is InChI=1S/C14H17F3N2O/c15-14(16,17)11-4-1-3-10(7-11)8-13(20)19-12-5-2-6-18-9-12/h1,3-4,7,12,18H,2,5-6,8-9H2,(H,19,20). The SMILES string of the molecule is O=C(Cc1cccc(C(F)(F)F)c1)NC1CCCNC1. The number of hydrogen-bond acceptors (Lipinski definition) is 2. The van der Waals surface area contributed by atoms with Crippen molar-refractivity contribution < 1.29 is 18.0 Å². The highest BCUT2D eigenvalue weighted by molar-refractivity contribution is 5.78. The summed E-state index contributed by atoms with van der Waals surface area (Å²) < 4.78 is 37.7. The fourth-order valence-electron chi connectivity index (χ4n) is 2.30. The van der Waals surface area contributed by atoms with E-state index in [2.05, 4.69) is 10.6 Å². The van der Waals surface area contributed by atoms with Gasteiger partial charge in [0.15, 0.2) is 0 Å². The molecule has 20 heavy (non-hydrogen) atoms. The number of benzene rings is 1. The van der Waals surface area contributed by atoms with Gasteiger partial charge in [-0.2, -0.15) is 13.2 Å². The van der Waals surface area contributed by atoms with Gasteiger partial charge in [0.2, 0.25) is 5.91 Å². The van der Waals surface area contributed by atoms with E-state index >= 15 is 0 Å². The van der Waals surface area contributed by atoms with Crippen LogP contribution >= 0.6 is 0 Å². The molecule has 0 aromatic heterocycles. The molecule has 1 fully saturated rings. The minimum atomic E-state index is -4.38. The van der Waals surface area contributed by atoms with Gasteiger partial charge in [0, 0.05) is 12.6 Å². The summed E-state index contributed by atoms with van der Waals surface area (Å²) >= 11 is 0. The predicted octanol–water partition coefficient (Wildman–Crippen LogP) is 2.12. The van der Waals surface area contributed by atoms with E-state index in [9.17, 15) is 18.0 Å². The molecule has 0 radical (unpaired) electrons. The Morgan fingerprint density at radius 2 is 2.20 bits per heavy atom. The first-order valence-electron chi connectivity index (χ1n) is 6.61. The van der Waals surface area contributed by atoms with Crippen LogP contribution in [0.3, 0.4) is 0 Å². The molecule has 1 aromatic carbocycles. The monoisotopic (exact) mass is 286 g/mol. The van der Waals surface area contributed by atoms with Gasteiger partial charge in [0.25, 0.3) is 0 Å². The molecule has 110 valence electrons. The molecule has 1 amide bonds. The molecule has 1 aromatic rings. The summed E-state index contributed by atoms with van der Waals surface area (Å²) in [4.78, 5) is 11.8. The highest BCUT2D eigenvalue weighted by Gasteiger charge is 2.30. The van der Waals surface area contributed by atoms with Crippen molar-refractivity contribution in [1.82, 2.24) is 10.6 Å². The van der Waals surface area contributed by atoms with Crippen molar-refractivity contribution in [2.45, 2.75) is 31.5 Å². The Hall–Kier alpha value is -1.56. The van der Waals surface area contributed by atoms with Gasteiger partial charge in [-0.3, -0.25) is 4.79 Å². The number of piperidine rings is 1. The van der Waals surface area contributed by atoms with Gasteiger partial charge in [0.05, 0.1) is 12.0 Å². The van der Waals surface area contributed by atoms with Crippen molar-refractivity contribution in [3.8, 4) is 0 Å². The molecule has 2 rings (SSSR count). The first-order valence-corrected chi connectivity index (χ1v) is 6.61. The van der Waals surface area contributed by atoms with Gasteiger partial charge in [-0.15, -0.1) is 0 Å². The van der Waals surface area contributed by atoms with Gasteiger partial charge >= 0.3 is 6.18 Å². The number of hydrogen-bond donors (Lipinski definition) is 2. The van der Waals surface area contributed by atoms with Crippen molar-refractivity contribution in [3.63, 3.8) is 0 Å². The first kappa shape index (κ1) is 14.8. The molecule has 1 aliphatic heterocycles. The summed E-state index contributed by atoms with van der Waals surface area (Å²) in [6, 6.07) is 4.97. The molecule has 1 saturated heterocycles. The molecule has 0 spiro atoms. The summed E-state index contributed by atoms with van der Waals surface area (Å²) in [5.41, 5.74) is -0.344. The van der Waals surface area contributed by atoms with Crippen molar-refractivity contribution in [1.29, 1.82) is 0 Å².